The Bertz CT molecular complexity index is 807. The third-order valence-corrected chi connectivity index (χ3v) is 8.37. The second-order valence-corrected chi connectivity index (χ2v) is 9.77. The van der Waals surface area contributed by atoms with Crippen LogP contribution in [0.3, 0.4) is 0 Å². The van der Waals surface area contributed by atoms with Gasteiger partial charge in [-0.2, -0.15) is 4.31 Å². The maximum Gasteiger partial charge on any atom is 0.254 e. The number of rotatable bonds is 7. The molecule has 0 aliphatic heterocycles. The molecule has 0 saturated heterocycles. The fourth-order valence-corrected chi connectivity index (χ4v) is 6.33. The Morgan fingerprint density at radius 1 is 1.26 bits per heavy atom. The van der Waals surface area contributed by atoms with Gasteiger partial charge in [-0.1, -0.05) is 20.3 Å². The lowest BCUT2D eigenvalue weighted by Gasteiger charge is -2.28. The van der Waals surface area contributed by atoms with Crippen molar-refractivity contribution in [1.29, 1.82) is 0 Å². The summed E-state index contributed by atoms with van der Waals surface area (Å²) >= 11 is 0. The predicted molar refractivity (Wildman–Crippen MR) is 102 cm³/mol. The van der Waals surface area contributed by atoms with Crippen molar-refractivity contribution < 1.29 is 17.6 Å². The summed E-state index contributed by atoms with van der Waals surface area (Å²) in [4.78, 5) is 12.6. The molecule has 0 aromatic heterocycles. The molecule has 4 atom stereocenters. The molecule has 0 radical (unpaired) electrons. The molecule has 2 aliphatic carbocycles. The van der Waals surface area contributed by atoms with Crippen molar-refractivity contribution in [1.82, 2.24) is 9.62 Å². The van der Waals surface area contributed by atoms with E-state index in [0.29, 0.717) is 24.9 Å². The largest absolute Gasteiger partial charge is 0.349 e. The van der Waals surface area contributed by atoms with E-state index in [0.717, 1.165) is 24.5 Å². The molecule has 3 rings (SSSR count). The van der Waals surface area contributed by atoms with E-state index in [1.807, 2.05) is 6.92 Å². The van der Waals surface area contributed by atoms with Crippen LogP contribution in [-0.2, 0) is 10.0 Å². The van der Waals surface area contributed by atoms with Gasteiger partial charge in [0.25, 0.3) is 5.91 Å². The summed E-state index contributed by atoms with van der Waals surface area (Å²) in [5.74, 6) is 0.590. The van der Waals surface area contributed by atoms with E-state index < -0.39 is 21.7 Å². The van der Waals surface area contributed by atoms with Gasteiger partial charge in [0.2, 0.25) is 10.0 Å². The van der Waals surface area contributed by atoms with Gasteiger partial charge in [-0.05, 0) is 62.1 Å². The molecule has 1 amide bonds. The quantitative estimate of drug-likeness (QED) is 0.768. The minimum atomic E-state index is -3.74. The van der Waals surface area contributed by atoms with Gasteiger partial charge in [0.05, 0.1) is 10.5 Å². The highest BCUT2D eigenvalue weighted by atomic mass is 32.2. The van der Waals surface area contributed by atoms with Gasteiger partial charge in [0.1, 0.15) is 5.82 Å². The first kappa shape index (κ1) is 20.3. The molecular weight excluding hydrogens is 367 g/mol. The second kappa shape index (κ2) is 7.87. The van der Waals surface area contributed by atoms with Crippen molar-refractivity contribution in [2.45, 2.75) is 57.4 Å². The van der Waals surface area contributed by atoms with Crippen LogP contribution in [0.2, 0.25) is 0 Å². The normalized spacial score (nSPS) is 25.7. The molecular formula is C20H29FN2O3S. The van der Waals surface area contributed by atoms with Gasteiger partial charge >= 0.3 is 0 Å². The number of sulfonamides is 1. The summed E-state index contributed by atoms with van der Waals surface area (Å²) in [5, 5.41) is 2.91. The first-order chi connectivity index (χ1) is 12.8. The molecule has 4 unspecified atom stereocenters. The van der Waals surface area contributed by atoms with Gasteiger partial charge in [-0.15, -0.1) is 0 Å². The van der Waals surface area contributed by atoms with Crippen LogP contribution in [0, 0.1) is 23.6 Å². The van der Waals surface area contributed by atoms with Crippen LogP contribution in [0.4, 0.5) is 4.39 Å². The number of amides is 1. The number of carbonyl (C=O) groups excluding carboxylic acids is 1. The second-order valence-electron chi connectivity index (χ2n) is 7.83. The Hall–Kier alpha value is -1.47. The van der Waals surface area contributed by atoms with Crippen LogP contribution < -0.4 is 5.32 Å². The molecule has 1 aromatic carbocycles. The summed E-state index contributed by atoms with van der Waals surface area (Å²) in [7, 11) is -3.74. The van der Waals surface area contributed by atoms with Crippen LogP contribution in [0.15, 0.2) is 23.1 Å². The maximum atomic E-state index is 14.3. The van der Waals surface area contributed by atoms with Crippen LogP contribution >= 0.6 is 0 Å². The summed E-state index contributed by atoms with van der Waals surface area (Å²) in [6.45, 7) is 6.10. The predicted octanol–water partition coefficient (Wildman–Crippen LogP) is 3.41. The zero-order valence-corrected chi connectivity index (χ0v) is 17.1. The molecule has 2 bridgehead atoms. The fourth-order valence-electron chi connectivity index (χ4n) is 4.85. The molecule has 27 heavy (non-hydrogen) atoms. The van der Waals surface area contributed by atoms with E-state index in [4.69, 9.17) is 0 Å². The average molecular weight is 397 g/mol. The molecule has 7 heteroatoms. The summed E-state index contributed by atoms with van der Waals surface area (Å²) in [6.07, 6.45) is 4.84. The number of halogens is 1. The number of hydrogen-bond acceptors (Lipinski definition) is 3. The molecule has 1 aromatic rings. The highest BCUT2D eigenvalue weighted by Gasteiger charge is 2.42. The SMILES string of the molecule is CCN(CC)S(=O)(=O)c1ccc(F)c(C(=O)NC(C)C2CC3CCC2C3)c1. The standard InChI is InChI=1S/C20H29FN2O3S/c1-4-23(5-2)27(25,26)16-8-9-19(21)18(12-16)20(24)22-13(3)17-11-14-6-7-15(17)10-14/h8-9,12-15,17H,4-7,10-11H2,1-3H3,(H,22,24). The van der Waals surface area contributed by atoms with Crippen LogP contribution in [0.1, 0.15) is 56.8 Å². The molecule has 1 N–H and O–H groups in total. The maximum absolute atomic E-state index is 14.3. The topological polar surface area (TPSA) is 66.5 Å². The zero-order chi connectivity index (χ0) is 19.8. The molecule has 2 saturated carbocycles. The van der Waals surface area contributed by atoms with E-state index in [2.05, 4.69) is 5.32 Å². The highest BCUT2D eigenvalue weighted by molar-refractivity contribution is 7.89. The molecule has 0 heterocycles. The van der Waals surface area contributed by atoms with Crippen LogP contribution in [0.25, 0.3) is 0 Å². The number of fused-ring (bicyclic) bond motifs is 2. The number of hydrogen-bond donors (Lipinski definition) is 1. The van der Waals surface area contributed by atoms with E-state index in [1.165, 1.54) is 29.6 Å². The van der Waals surface area contributed by atoms with Crippen molar-refractivity contribution in [3.8, 4) is 0 Å². The smallest absolute Gasteiger partial charge is 0.254 e. The molecule has 2 fully saturated rings. The minimum Gasteiger partial charge on any atom is -0.349 e. The third kappa shape index (κ3) is 3.90. The van der Waals surface area contributed by atoms with Crippen molar-refractivity contribution in [3.05, 3.63) is 29.6 Å². The zero-order valence-electron chi connectivity index (χ0n) is 16.2. The van der Waals surface area contributed by atoms with Gasteiger partial charge in [-0.3, -0.25) is 4.79 Å². The van der Waals surface area contributed by atoms with Crippen molar-refractivity contribution in [2.75, 3.05) is 13.1 Å². The van der Waals surface area contributed by atoms with Crippen LogP contribution in [-0.4, -0.2) is 37.8 Å². The Kier molecular flexibility index (Phi) is 5.91. The number of carbonyl (C=O) groups is 1. The monoisotopic (exact) mass is 396 g/mol. The van der Waals surface area contributed by atoms with Gasteiger partial charge in [0, 0.05) is 19.1 Å². The van der Waals surface area contributed by atoms with Crippen LogP contribution in [0.5, 0.6) is 0 Å². The Morgan fingerprint density at radius 3 is 2.52 bits per heavy atom. The number of nitrogens with one attached hydrogen (secondary N) is 1. The van der Waals surface area contributed by atoms with Crippen molar-refractivity contribution in [2.24, 2.45) is 17.8 Å². The van der Waals surface area contributed by atoms with Crippen molar-refractivity contribution in [3.63, 3.8) is 0 Å². The van der Waals surface area contributed by atoms with E-state index >= 15 is 0 Å². The Labute approximate surface area is 161 Å². The van der Waals surface area contributed by atoms with E-state index in [9.17, 15) is 17.6 Å². The Balaban J connectivity index is 1.78. The number of nitrogens with zero attached hydrogens (tertiary/aromatic N) is 1. The summed E-state index contributed by atoms with van der Waals surface area (Å²) in [6, 6.07) is 3.40. The minimum absolute atomic E-state index is 0.0461. The average Bonchev–Trinajstić information content (AvgIpc) is 3.26. The third-order valence-electron chi connectivity index (χ3n) is 6.32. The lowest BCUT2D eigenvalue weighted by Crippen LogP contribution is -2.40. The number of benzene rings is 1. The summed E-state index contributed by atoms with van der Waals surface area (Å²) in [5.41, 5.74) is -0.210. The lowest BCUT2D eigenvalue weighted by atomic mass is 9.84. The fraction of sp³-hybridized carbons (Fsp3) is 0.650. The first-order valence-corrected chi connectivity index (χ1v) is 11.3. The van der Waals surface area contributed by atoms with Gasteiger partial charge in [-0.25, -0.2) is 12.8 Å². The van der Waals surface area contributed by atoms with Gasteiger partial charge < -0.3 is 5.32 Å². The first-order valence-electron chi connectivity index (χ1n) is 9.88. The molecule has 150 valence electrons. The Morgan fingerprint density at radius 2 is 1.96 bits per heavy atom. The highest BCUT2D eigenvalue weighted by Crippen LogP contribution is 2.49. The molecule has 0 spiro atoms. The van der Waals surface area contributed by atoms with Gasteiger partial charge in [0.15, 0.2) is 0 Å². The molecule has 2 aliphatic rings. The summed E-state index contributed by atoms with van der Waals surface area (Å²) < 4.78 is 40.9. The van der Waals surface area contributed by atoms with E-state index in [-0.39, 0.29) is 16.5 Å². The van der Waals surface area contributed by atoms with Crippen molar-refractivity contribution >= 4 is 15.9 Å². The molecule has 5 nitrogen and oxygen atoms in total. The van der Waals surface area contributed by atoms with E-state index in [1.54, 1.807) is 13.8 Å². The lowest BCUT2D eigenvalue weighted by molar-refractivity contribution is 0.0911.